The molecule has 0 amide bonds. The van der Waals surface area contributed by atoms with Crippen molar-refractivity contribution >= 4 is 5.82 Å². The largest absolute Gasteiger partial charge is 0.497 e. The van der Waals surface area contributed by atoms with Gasteiger partial charge in [0, 0.05) is 18.3 Å². The van der Waals surface area contributed by atoms with Gasteiger partial charge < -0.3 is 10.1 Å². The van der Waals surface area contributed by atoms with Crippen molar-refractivity contribution in [2.75, 3.05) is 19.0 Å². The Balaban J connectivity index is 1.67. The minimum Gasteiger partial charge on any atom is -0.497 e. The van der Waals surface area contributed by atoms with Crippen molar-refractivity contribution < 1.29 is 4.74 Å². The van der Waals surface area contributed by atoms with Gasteiger partial charge in [-0.15, -0.1) is 0 Å². The van der Waals surface area contributed by atoms with Gasteiger partial charge in [-0.05, 0) is 35.7 Å². The number of ether oxygens (including phenoxy) is 1. The van der Waals surface area contributed by atoms with Crippen molar-refractivity contribution in [2.45, 2.75) is 6.42 Å². The molecular formula is C21H19N3O. The van der Waals surface area contributed by atoms with Gasteiger partial charge in [0.1, 0.15) is 17.6 Å². The van der Waals surface area contributed by atoms with Crippen LogP contribution in [0.4, 0.5) is 5.82 Å². The molecule has 0 fully saturated rings. The number of pyridine rings is 1. The lowest BCUT2D eigenvalue weighted by Gasteiger charge is -2.09. The Bertz CT molecular complexity index is 868. The van der Waals surface area contributed by atoms with Gasteiger partial charge in [-0.2, -0.15) is 5.26 Å². The van der Waals surface area contributed by atoms with Gasteiger partial charge in [0.2, 0.25) is 0 Å². The summed E-state index contributed by atoms with van der Waals surface area (Å²) in [6.45, 7) is 0.707. The highest BCUT2D eigenvalue weighted by Crippen LogP contribution is 2.22. The van der Waals surface area contributed by atoms with E-state index in [-0.39, 0.29) is 0 Å². The molecule has 0 atom stereocenters. The van der Waals surface area contributed by atoms with E-state index in [9.17, 15) is 5.26 Å². The van der Waals surface area contributed by atoms with E-state index in [4.69, 9.17) is 4.74 Å². The van der Waals surface area contributed by atoms with Crippen LogP contribution < -0.4 is 10.1 Å². The lowest BCUT2D eigenvalue weighted by atomic mass is 10.1. The van der Waals surface area contributed by atoms with Gasteiger partial charge in [-0.25, -0.2) is 4.98 Å². The Morgan fingerprint density at radius 2 is 1.80 bits per heavy atom. The van der Waals surface area contributed by atoms with Gasteiger partial charge in [0.25, 0.3) is 0 Å². The Hall–Kier alpha value is -3.32. The monoisotopic (exact) mass is 329 g/mol. The lowest BCUT2D eigenvalue weighted by molar-refractivity contribution is 0.414. The molecule has 0 spiro atoms. The molecule has 0 unspecified atom stereocenters. The van der Waals surface area contributed by atoms with E-state index in [1.165, 1.54) is 5.56 Å². The Morgan fingerprint density at radius 3 is 2.48 bits per heavy atom. The van der Waals surface area contributed by atoms with E-state index in [0.717, 1.165) is 23.3 Å². The van der Waals surface area contributed by atoms with Crippen molar-refractivity contribution in [3.63, 3.8) is 0 Å². The molecular weight excluding hydrogens is 310 g/mol. The normalized spacial score (nSPS) is 10.1. The van der Waals surface area contributed by atoms with Crippen molar-refractivity contribution in [1.82, 2.24) is 4.98 Å². The second-order valence-electron chi connectivity index (χ2n) is 5.62. The Labute approximate surface area is 147 Å². The summed E-state index contributed by atoms with van der Waals surface area (Å²) < 4.78 is 5.16. The van der Waals surface area contributed by atoms with Crippen LogP contribution in [0.2, 0.25) is 0 Å². The molecule has 1 aromatic heterocycles. The molecule has 0 bridgehead atoms. The molecule has 4 nitrogen and oxygen atoms in total. The van der Waals surface area contributed by atoms with Crippen molar-refractivity contribution in [2.24, 2.45) is 0 Å². The van der Waals surface area contributed by atoms with Crippen LogP contribution in [0.1, 0.15) is 11.1 Å². The van der Waals surface area contributed by atoms with Gasteiger partial charge in [0.05, 0.1) is 12.7 Å². The molecule has 0 aliphatic carbocycles. The third-order valence-electron chi connectivity index (χ3n) is 3.98. The fourth-order valence-corrected chi connectivity index (χ4v) is 2.60. The molecule has 0 aliphatic heterocycles. The molecule has 2 aromatic carbocycles. The predicted molar refractivity (Wildman–Crippen MR) is 99.6 cm³/mol. The van der Waals surface area contributed by atoms with Crippen molar-refractivity contribution in [1.29, 1.82) is 5.26 Å². The number of benzene rings is 2. The van der Waals surface area contributed by atoms with Crippen LogP contribution in [0.25, 0.3) is 11.1 Å². The van der Waals surface area contributed by atoms with Crippen LogP contribution in [-0.4, -0.2) is 18.6 Å². The van der Waals surface area contributed by atoms with Crippen LogP contribution in [0.15, 0.2) is 66.9 Å². The fraction of sp³-hybridized carbons (Fsp3) is 0.143. The highest BCUT2D eigenvalue weighted by atomic mass is 16.5. The molecule has 25 heavy (non-hydrogen) atoms. The SMILES string of the molecule is COc1ccc(CCNc2ncc(-c3ccccc3)cc2C#N)cc1. The maximum Gasteiger partial charge on any atom is 0.143 e. The molecule has 0 saturated heterocycles. The molecule has 0 saturated carbocycles. The van der Waals surface area contributed by atoms with E-state index >= 15 is 0 Å². The summed E-state index contributed by atoms with van der Waals surface area (Å²) in [6, 6.07) is 22.0. The predicted octanol–water partition coefficient (Wildman–Crippen LogP) is 4.28. The molecule has 0 aliphatic rings. The number of hydrogen-bond acceptors (Lipinski definition) is 4. The third kappa shape index (κ3) is 4.15. The zero-order valence-corrected chi connectivity index (χ0v) is 14.1. The topological polar surface area (TPSA) is 57.9 Å². The number of methoxy groups -OCH3 is 1. The van der Waals surface area contributed by atoms with Crippen LogP contribution in [0.5, 0.6) is 5.75 Å². The molecule has 3 aromatic rings. The molecule has 1 heterocycles. The fourth-order valence-electron chi connectivity index (χ4n) is 2.60. The van der Waals surface area contributed by atoms with E-state index < -0.39 is 0 Å². The third-order valence-corrected chi connectivity index (χ3v) is 3.98. The van der Waals surface area contributed by atoms with Crippen LogP contribution >= 0.6 is 0 Å². The maximum absolute atomic E-state index is 9.42. The first-order chi connectivity index (χ1) is 12.3. The average molecular weight is 329 g/mol. The van der Waals surface area contributed by atoms with Crippen LogP contribution in [0.3, 0.4) is 0 Å². The summed E-state index contributed by atoms with van der Waals surface area (Å²) in [5, 5.41) is 12.7. The van der Waals surface area contributed by atoms with E-state index in [2.05, 4.69) is 16.4 Å². The minimum absolute atomic E-state index is 0.552. The lowest BCUT2D eigenvalue weighted by Crippen LogP contribution is -2.08. The average Bonchev–Trinajstić information content (AvgIpc) is 2.69. The van der Waals surface area contributed by atoms with E-state index in [1.807, 2.05) is 60.7 Å². The van der Waals surface area contributed by atoms with Crippen molar-refractivity contribution in [3.8, 4) is 22.9 Å². The number of anilines is 1. The number of nitriles is 1. The molecule has 124 valence electrons. The molecule has 4 heteroatoms. The van der Waals surface area contributed by atoms with Crippen LogP contribution in [-0.2, 0) is 6.42 Å². The molecule has 1 N–H and O–H groups in total. The summed E-state index contributed by atoms with van der Waals surface area (Å²) in [7, 11) is 1.66. The Kier molecular flexibility index (Phi) is 5.28. The van der Waals surface area contributed by atoms with E-state index in [0.29, 0.717) is 17.9 Å². The standard InChI is InChI=1S/C21H19N3O/c1-25-20-9-7-16(8-10-20)11-12-23-21-18(14-22)13-19(15-24-21)17-5-3-2-4-6-17/h2-10,13,15H,11-12H2,1H3,(H,23,24). The smallest absolute Gasteiger partial charge is 0.143 e. The van der Waals surface area contributed by atoms with Gasteiger partial charge >= 0.3 is 0 Å². The summed E-state index contributed by atoms with van der Waals surface area (Å²) >= 11 is 0. The first-order valence-electron chi connectivity index (χ1n) is 8.12. The number of rotatable bonds is 6. The number of nitrogens with zero attached hydrogens (tertiary/aromatic N) is 2. The molecule has 3 rings (SSSR count). The summed E-state index contributed by atoms with van der Waals surface area (Å²) in [5.74, 6) is 1.47. The van der Waals surface area contributed by atoms with Gasteiger partial charge in [0.15, 0.2) is 0 Å². The number of nitrogens with one attached hydrogen (secondary N) is 1. The minimum atomic E-state index is 0.552. The summed E-state index contributed by atoms with van der Waals surface area (Å²) in [6.07, 6.45) is 2.64. The first kappa shape index (κ1) is 16.5. The number of aromatic nitrogens is 1. The quantitative estimate of drug-likeness (QED) is 0.733. The summed E-state index contributed by atoms with van der Waals surface area (Å²) in [5.41, 5.74) is 3.75. The second kappa shape index (κ2) is 7.98. The van der Waals surface area contributed by atoms with Crippen LogP contribution in [0, 0.1) is 11.3 Å². The highest BCUT2D eigenvalue weighted by Gasteiger charge is 2.06. The Morgan fingerprint density at radius 1 is 1.04 bits per heavy atom. The first-order valence-corrected chi connectivity index (χ1v) is 8.12. The summed E-state index contributed by atoms with van der Waals surface area (Å²) in [4.78, 5) is 4.43. The maximum atomic E-state index is 9.42. The second-order valence-corrected chi connectivity index (χ2v) is 5.62. The zero-order valence-electron chi connectivity index (χ0n) is 14.1. The highest BCUT2D eigenvalue weighted by molar-refractivity contribution is 5.67. The zero-order chi connectivity index (χ0) is 17.5. The number of hydrogen-bond donors (Lipinski definition) is 1. The van der Waals surface area contributed by atoms with E-state index in [1.54, 1.807) is 13.3 Å². The van der Waals surface area contributed by atoms with Gasteiger partial charge in [-0.3, -0.25) is 0 Å². The van der Waals surface area contributed by atoms with Gasteiger partial charge in [-0.1, -0.05) is 42.5 Å². The van der Waals surface area contributed by atoms with Crippen molar-refractivity contribution in [3.05, 3.63) is 78.0 Å². The molecule has 0 radical (unpaired) electrons.